The fourth-order valence-electron chi connectivity index (χ4n) is 18.8. The number of carbonyl (C=O) groups is 7. The SMILES string of the molecule is CC(=O)N[C@@H]1[C@H](O[C@@H]2[C@@H](O[C@@H]3[C@H](O)[C@H](O[C@H]4[C@H](O)[C@@H](NC(C)=O)[C@H](O[C@H]5[C@H](O)[C@@H](NC(C)=O)[C@H](O)O[C@@H]5CO[C@@H]5O[C@@H](C)[C@@H](O)[C@@H](O)[C@@H]5O)O[C@@H]4CO)O[C@H](CO[C@H]4O[C@H](CO)[C@@H](O)[C@H](O)[C@@H]4O[C@@H]4O[C@H](CO)[C@@H](O[C@@H]5O[C@H](CO)[C@H](O)[C@H](O)[C@H]5NC(C)=O)[C@H](O)[C@H]4NC(C)=O)[C@H]3O)O[C@H](CO)[C@@H](O)[C@@H]2O)O[C@H](CO)[C@@H](O)[C@@H]1O[C@@H]1O[C@H](CO)[C@H](O)[C@H](O[C@]2(C(=O)O)C[C@H](O)[C@@H](NC(C)=O)[C@H]([C@H](O)[C@H](O)CO)O2)[C@H]1O. The van der Waals surface area contributed by atoms with Crippen molar-refractivity contribution in [1.29, 1.82) is 0 Å². The van der Waals surface area contributed by atoms with E-state index >= 15 is 0 Å². The number of hydrogen-bond acceptors (Lipinski definition) is 57. The summed E-state index contributed by atoms with van der Waals surface area (Å²) in [4.78, 5) is 90.9. The van der Waals surface area contributed by atoms with Crippen molar-refractivity contribution in [3.63, 3.8) is 0 Å². The Morgan fingerprint density at radius 1 is 0.297 bits per heavy atom. The van der Waals surface area contributed by atoms with E-state index in [4.69, 9.17) is 99.5 Å². The van der Waals surface area contributed by atoms with Crippen LogP contribution in [0, 0.1) is 0 Å². The van der Waals surface area contributed by atoms with E-state index < -0.39 is 457 Å². The maximum atomic E-state index is 13.6. The van der Waals surface area contributed by atoms with Crippen LogP contribution in [0.15, 0.2) is 0 Å². The van der Waals surface area contributed by atoms with E-state index in [-0.39, 0.29) is 0 Å². The van der Waals surface area contributed by atoms with Gasteiger partial charge in [0, 0.05) is 48.0 Å². The Labute approximate surface area is 821 Å². The molecular formula is C81H134N6O58. The highest BCUT2D eigenvalue weighted by molar-refractivity contribution is 5.77. The number of amides is 6. The molecule has 0 aromatic carbocycles. The highest BCUT2D eigenvalue weighted by atomic mass is 16.8. The number of carboxylic acid groups (broad SMARTS) is 1. The maximum Gasteiger partial charge on any atom is 0.364 e. The number of aliphatic hydroxyl groups is 29. The molecule has 0 bridgehead atoms. The molecule has 0 unspecified atom stereocenters. The van der Waals surface area contributed by atoms with Crippen molar-refractivity contribution in [1.82, 2.24) is 31.9 Å². The topological polar surface area (TPSA) is 992 Å². The number of carboxylic acids is 1. The number of aliphatic carboxylic acids is 1. The van der Waals surface area contributed by atoms with Gasteiger partial charge in [-0.05, 0) is 6.92 Å². The summed E-state index contributed by atoms with van der Waals surface area (Å²) in [6.45, 7) is -5.28. The van der Waals surface area contributed by atoms with Crippen LogP contribution in [-0.2, 0) is 133 Å². The molecule has 0 spiro atoms. The van der Waals surface area contributed by atoms with Crippen LogP contribution in [0.2, 0.25) is 0 Å². The average Bonchev–Trinajstić information content (AvgIpc) is 0.751. The van der Waals surface area contributed by atoms with Crippen LogP contribution in [0.5, 0.6) is 0 Å². The van der Waals surface area contributed by atoms with Gasteiger partial charge in [0.2, 0.25) is 35.4 Å². The molecule has 11 rings (SSSR count). The predicted molar refractivity (Wildman–Crippen MR) is 448 cm³/mol. The third kappa shape index (κ3) is 26.9. The standard InChI is InChI=1S/C81H134N6O58/c1-19-43(104)55(116)58(119)75(127-19)125-18-36-63(52(113)38(70(122)128-36)83-21(3)97)138-72-40(85-23(5)99)54(115)62(34(16-95)134-72)139-76-59(120)66(50(111)35(136-76)17-126-78-68(56(117)46(107)29(11-90)132-78)142-73-41(86-24(6)100)53(114)61(33(15-94)135-73)137-71-39(84-22(4)98)51(112)45(106)28(10-89)129-71)141-79-69(57(118)47(108)30(12-91)133-79)143-74-42(87-25(7)101)64(48(109)31(13-92)130-74)140-77-60(121)67(49(110)32(14-93)131-77)145-81(80(123)124)8-26(102)37(82-20(2)96)65(144-81)44(105)27(103)9-88/h19,26-79,88-95,102-122H,8-18H2,1-7H3,(H,82,96)(H,83,97)(H,84,98)(H,85,99)(H,86,100)(H,87,101)(H,123,124)/t19-,26-,27+,28+,29+,30+,31+,32+,33+,34+,35+,36+,37+,38+,39+,40+,41+,42-,43+,44+,45-,46+,47+,48+,49-,50+,51+,52+,53+,54+,55+,56-,57-,58-,59-,60+,61+,62+,63+,64+,65+,66-,67-,68-,69-,70+,71-,72-,73-,74-,75+,76-,77-,78-,79+,81-/m0/s1. The second kappa shape index (κ2) is 51.8. The summed E-state index contributed by atoms with van der Waals surface area (Å²) < 4.78 is 126. The summed E-state index contributed by atoms with van der Waals surface area (Å²) in [5, 5.41) is 355. The minimum absolute atomic E-state index is 0.826. The van der Waals surface area contributed by atoms with Gasteiger partial charge in [0.25, 0.3) is 5.79 Å². The van der Waals surface area contributed by atoms with Crippen molar-refractivity contribution in [2.24, 2.45) is 0 Å². The summed E-state index contributed by atoms with van der Waals surface area (Å²) in [6, 6.07) is -11.6. The lowest BCUT2D eigenvalue weighted by Crippen LogP contribution is -2.72. The molecule has 836 valence electrons. The number of aliphatic hydroxyl groups excluding tert-OH is 29. The maximum absolute atomic E-state index is 13.6. The van der Waals surface area contributed by atoms with Gasteiger partial charge in [-0.1, -0.05) is 0 Å². The molecule has 36 N–H and O–H groups in total. The molecule has 11 aliphatic rings. The Balaban J connectivity index is 0.942. The Hall–Kier alpha value is -5.71. The molecule has 11 fully saturated rings. The van der Waals surface area contributed by atoms with E-state index in [9.17, 15) is 187 Å². The Bertz CT molecular complexity index is 4150. The number of ether oxygens (including phenoxy) is 21. The Morgan fingerprint density at radius 2 is 0.628 bits per heavy atom. The lowest BCUT2D eigenvalue weighted by atomic mass is 9.88. The van der Waals surface area contributed by atoms with Crippen LogP contribution in [0.3, 0.4) is 0 Å². The first-order valence-electron chi connectivity index (χ1n) is 46.1. The third-order valence-electron chi connectivity index (χ3n) is 26.3. The number of hydrogen-bond donors (Lipinski definition) is 36. The molecule has 0 saturated carbocycles. The van der Waals surface area contributed by atoms with Crippen molar-refractivity contribution >= 4 is 41.4 Å². The molecule has 0 radical (unpaired) electrons. The van der Waals surface area contributed by atoms with Gasteiger partial charge in [-0.2, -0.15) is 0 Å². The van der Waals surface area contributed by atoms with Crippen LogP contribution in [0.1, 0.15) is 54.9 Å². The van der Waals surface area contributed by atoms with E-state index in [0.29, 0.717) is 0 Å². The van der Waals surface area contributed by atoms with Crippen molar-refractivity contribution in [3.8, 4) is 0 Å². The first-order valence-corrected chi connectivity index (χ1v) is 46.1. The van der Waals surface area contributed by atoms with Crippen molar-refractivity contribution in [2.75, 3.05) is 66.1 Å². The fourth-order valence-corrected chi connectivity index (χ4v) is 18.8. The molecule has 11 heterocycles. The van der Waals surface area contributed by atoms with E-state index in [1.165, 1.54) is 6.92 Å². The van der Waals surface area contributed by atoms with E-state index in [2.05, 4.69) is 31.9 Å². The largest absolute Gasteiger partial charge is 0.477 e. The van der Waals surface area contributed by atoms with Gasteiger partial charge in [-0.25, -0.2) is 4.79 Å². The van der Waals surface area contributed by atoms with Gasteiger partial charge < -0.3 is 285 Å². The zero-order chi connectivity index (χ0) is 107. The Kier molecular flexibility index (Phi) is 42.7. The highest BCUT2D eigenvalue weighted by Gasteiger charge is 2.65. The van der Waals surface area contributed by atoms with Crippen molar-refractivity contribution in [3.05, 3.63) is 0 Å². The van der Waals surface area contributed by atoms with Crippen molar-refractivity contribution in [2.45, 2.75) is 398 Å². The summed E-state index contributed by atoms with van der Waals surface area (Å²) in [5.41, 5.74) is 0. The van der Waals surface area contributed by atoms with Gasteiger partial charge in [0.1, 0.15) is 256 Å². The molecule has 0 aliphatic carbocycles. The van der Waals surface area contributed by atoms with E-state index in [0.717, 1.165) is 41.5 Å². The molecule has 145 heavy (non-hydrogen) atoms. The first kappa shape index (κ1) is 120. The Morgan fingerprint density at radius 3 is 1.10 bits per heavy atom. The first-order chi connectivity index (χ1) is 68.4. The fraction of sp³-hybridized carbons (Fsp3) is 0.914. The van der Waals surface area contributed by atoms with E-state index in [1.807, 2.05) is 0 Å². The number of carbonyl (C=O) groups excluding carboxylic acids is 6. The van der Waals surface area contributed by atoms with Crippen LogP contribution in [-0.4, -0.2) is 604 Å². The highest BCUT2D eigenvalue weighted by Crippen LogP contribution is 2.44. The van der Waals surface area contributed by atoms with E-state index in [1.54, 1.807) is 0 Å². The van der Waals surface area contributed by atoms with Gasteiger partial charge >= 0.3 is 5.97 Å². The van der Waals surface area contributed by atoms with Gasteiger partial charge in [-0.15, -0.1) is 0 Å². The lowest BCUT2D eigenvalue weighted by Gasteiger charge is -2.52. The number of nitrogens with one attached hydrogen (secondary N) is 6. The quantitative estimate of drug-likeness (QED) is 0.0272. The molecule has 56 atom stereocenters. The monoisotopic (exact) mass is 2120 g/mol. The second-order valence-corrected chi connectivity index (χ2v) is 36.7. The molecule has 11 aliphatic heterocycles. The molecule has 64 heteroatoms. The van der Waals surface area contributed by atoms with Crippen LogP contribution in [0.4, 0.5) is 0 Å². The zero-order valence-corrected chi connectivity index (χ0v) is 78.4. The van der Waals surface area contributed by atoms with Crippen LogP contribution >= 0.6 is 0 Å². The van der Waals surface area contributed by atoms with Crippen LogP contribution in [0.25, 0.3) is 0 Å². The molecule has 0 aromatic rings. The van der Waals surface area contributed by atoms with Gasteiger partial charge in [0.15, 0.2) is 62.9 Å². The normalized spacial score (nSPS) is 47.2. The predicted octanol–water partition coefficient (Wildman–Crippen LogP) is -23.9. The van der Waals surface area contributed by atoms with Gasteiger partial charge in [0.05, 0.1) is 84.3 Å². The minimum atomic E-state index is -3.39. The lowest BCUT2D eigenvalue weighted by molar-refractivity contribution is -0.400. The average molecular weight is 2120 g/mol. The van der Waals surface area contributed by atoms with Crippen LogP contribution < -0.4 is 31.9 Å². The molecule has 6 amide bonds. The molecular weight excluding hydrogens is 1980 g/mol. The summed E-state index contributed by atoms with van der Waals surface area (Å²) in [7, 11) is 0. The summed E-state index contributed by atoms with van der Waals surface area (Å²) >= 11 is 0. The zero-order valence-electron chi connectivity index (χ0n) is 78.4. The number of rotatable bonds is 39. The van der Waals surface area contributed by atoms with Gasteiger partial charge in [-0.3, -0.25) is 28.8 Å². The minimum Gasteiger partial charge on any atom is -0.477 e. The summed E-state index contributed by atoms with van der Waals surface area (Å²) in [6.07, 6.45) is -109. The second-order valence-electron chi connectivity index (χ2n) is 36.7. The third-order valence-corrected chi connectivity index (χ3v) is 26.3. The summed E-state index contributed by atoms with van der Waals surface area (Å²) in [5.74, 6) is -11.4. The van der Waals surface area contributed by atoms with Crippen molar-refractivity contribution < 1.29 is 286 Å². The molecule has 0 aromatic heterocycles. The molecule has 11 saturated heterocycles. The molecule has 64 nitrogen and oxygen atoms in total. The smallest absolute Gasteiger partial charge is 0.364 e.